The predicted octanol–water partition coefficient (Wildman–Crippen LogP) is 2.30. The minimum atomic E-state index is -0.166. The Balaban J connectivity index is 2.75. The van der Waals surface area contributed by atoms with Gasteiger partial charge in [0.2, 0.25) is 0 Å². The van der Waals surface area contributed by atoms with E-state index in [0.29, 0.717) is 18.7 Å². The minimum absolute atomic E-state index is 0.0481. The van der Waals surface area contributed by atoms with Crippen molar-refractivity contribution in [2.75, 3.05) is 23.9 Å². The summed E-state index contributed by atoms with van der Waals surface area (Å²) in [6, 6.07) is 2.09. The van der Waals surface area contributed by atoms with Gasteiger partial charge in [-0.3, -0.25) is 4.79 Å². The van der Waals surface area contributed by atoms with Gasteiger partial charge in [0.15, 0.2) is 10.9 Å². The SMILES string of the molecule is CCN(CCC#N)c1nc(C(=O)CCl)cs1. The molecule has 1 heterocycles. The van der Waals surface area contributed by atoms with Gasteiger partial charge >= 0.3 is 0 Å². The van der Waals surface area contributed by atoms with Gasteiger partial charge in [0.05, 0.1) is 18.4 Å². The van der Waals surface area contributed by atoms with Gasteiger partial charge in [-0.2, -0.15) is 5.26 Å². The first-order chi connectivity index (χ1) is 7.72. The Morgan fingerprint density at radius 2 is 2.50 bits per heavy atom. The minimum Gasteiger partial charge on any atom is -0.347 e. The zero-order chi connectivity index (χ0) is 12.0. The predicted molar refractivity (Wildman–Crippen MR) is 65.3 cm³/mol. The fourth-order valence-electron chi connectivity index (χ4n) is 1.18. The zero-order valence-corrected chi connectivity index (χ0v) is 10.5. The number of carbonyl (C=O) groups is 1. The molecule has 0 spiro atoms. The number of aromatic nitrogens is 1. The Morgan fingerprint density at radius 3 is 3.06 bits per heavy atom. The Labute approximate surface area is 103 Å². The van der Waals surface area contributed by atoms with Crippen molar-refractivity contribution in [3.05, 3.63) is 11.1 Å². The molecule has 1 aromatic rings. The fourth-order valence-corrected chi connectivity index (χ4v) is 2.24. The van der Waals surface area contributed by atoms with Crippen LogP contribution in [0.25, 0.3) is 0 Å². The number of ketones is 1. The average molecular weight is 258 g/mol. The molecule has 0 amide bonds. The Kier molecular flexibility index (Phi) is 5.23. The van der Waals surface area contributed by atoms with E-state index in [-0.39, 0.29) is 11.7 Å². The summed E-state index contributed by atoms with van der Waals surface area (Å²) < 4.78 is 0. The summed E-state index contributed by atoms with van der Waals surface area (Å²) in [4.78, 5) is 17.5. The molecule has 4 nitrogen and oxygen atoms in total. The molecule has 1 rings (SSSR count). The number of rotatable bonds is 6. The summed E-state index contributed by atoms with van der Waals surface area (Å²) in [5, 5.41) is 11.0. The maximum absolute atomic E-state index is 11.3. The van der Waals surface area contributed by atoms with Crippen LogP contribution in [0.15, 0.2) is 5.38 Å². The van der Waals surface area contributed by atoms with Crippen molar-refractivity contribution in [3.63, 3.8) is 0 Å². The molecule has 0 atom stereocenters. The van der Waals surface area contributed by atoms with Gasteiger partial charge < -0.3 is 4.90 Å². The quantitative estimate of drug-likeness (QED) is 0.580. The van der Waals surface area contributed by atoms with Crippen LogP contribution in [0.4, 0.5) is 5.13 Å². The van der Waals surface area contributed by atoms with Gasteiger partial charge in [-0.1, -0.05) is 0 Å². The van der Waals surface area contributed by atoms with Crippen molar-refractivity contribution in [2.45, 2.75) is 13.3 Å². The fraction of sp³-hybridized carbons (Fsp3) is 0.500. The lowest BCUT2D eigenvalue weighted by molar-refractivity contribution is 0.101. The van der Waals surface area contributed by atoms with Crippen molar-refractivity contribution in [2.24, 2.45) is 0 Å². The average Bonchev–Trinajstić information content (AvgIpc) is 2.78. The van der Waals surface area contributed by atoms with Crippen LogP contribution in [0.2, 0.25) is 0 Å². The number of nitrogens with zero attached hydrogens (tertiary/aromatic N) is 3. The molecule has 0 radical (unpaired) electrons. The summed E-state index contributed by atoms with van der Waals surface area (Å²) in [6.45, 7) is 3.39. The van der Waals surface area contributed by atoms with E-state index in [1.807, 2.05) is 11.8 Å². The molecule has 0 fully saturated rings. The molecule has 0 aromatic carbocycles. The van der Waals surface area contributed by atoms with Gasteiger partial charge in [-0.15, -0.1) is 22.9 Å². The van der Waals surface area contributed by atoms with Crippen LogP contribution in [0.3, 0.4) is 0 Å². The van der Waals surface area contributed by atoms with E-state index in [2.05, 4.69) is 11.1 Å². The second kappa shape index (κ2) is 6.46. The third-order valence-corrected chi connectivity index (χ3v) is 3.19. The molecule has 6 heteroatoms. The number of alkyl halides is 1. The summed E-state index contributed by atoms with van der Waals surface area (Å²) in [5.41, 5.74) is 0.408. The maximum Gasteiger partial charge on any atom is 0.196 e. The van der Waals surface area contributed by atoms with Crippen LogP contribution in [-0.4, -0.2) is 29.7 Å². The van der Waals surface area contributed by atoms with Crippen molar-refractivity contribution in [1.29, 1.82) is 5.26 Å². The second-order valence-corrected chi connectivity index (χ2v) is 4.16. The van der Waals surface area contributed by atoms with E-state index in [9.17, 15) is 4.79 Å². The molecular formula is C10H12ClN3OS. The summed E-state index contributed by atoms with van der Waals surface area (Å²) in [7, 11) is 0. The van der Waals surface area contributed by atoms with Crippen molar-refractivity contribution in [3.8, 4) is 6.07 Å². The van der Waals surface area contributed by atoms with Crippen LogP contribution in [0.1, 0.15) is 23.8 Å². The number of Topliss-reactive ketones (excluding diaryl/α,β-unsaturated/α-hetero) is 1. The van der Waals surface area contributed by atoms with Crippen LogP contribution in [0, 0.1) is 11.3 Å². The van der Waals surface area contributed by atoms with E-state index >= 15 is 0 Å². The van der Waals surface area contributed by atoms with Gasteiger partial charge in [0, 0.05) is 18.5 Å². The van der Waals surface area contributed by atoms with Crippen LogP contribution in [0.5, 0.6) is 0 Å². The highest BCUT2D eigenvalue weighted by Crippen LogP contribution is 2.21. The highest BCUT2D eigenvalue weighted by atomic mass is 35.5. The highest BCUT2D eigenvalue weighted by Gasteiger charge is 2.13. The Hall–Kier alpha value is -1.12. The molecule has 0 aliphatic carbocycles. The van der Waals surface area contributed by atoms with Gasteiger partial charge in [0.25, 0.3) is 0 Å². The molecule has 0 bridgehead atoms. The molecule has 0 N–H and O–H groups in total. The third-order valence-electron chi connectivity index (χ3n) is 2.04. The smallest absolute Gasteiger partial charge is 0.196 e. The van der Waals surface area contributed by atoms with E-state index in [1.165, 1.54) is 11.3 Å². The number of nitriles is 1. The number of anilines is 1. The lowest BCUT2D eigenvalue weighted by Crippen LogP contribution is -2.23. The number of halogens is 1. The monoisotopic (exact) mass is 257 g/mol. The standard InChI is InChI=1S/C10H12ClN3OS/c1-2-14(5-3-4-12)10-13-8(7-16-10)9(15)6-11/h7H,2-3,5-6H2,1H3. The first-order valence-electron chi connectivity index (χ1n) is 4.89. The van der Waals surface area contributed by atoms with Crippen molar-refractivity contribution >= 4 is 33.9 Å². The van der Waals surface area contributed by atoms with E-state index in [0.717, 1.165) is 11.7 Å². The van der Waals surface area contributed by atoms with E-state index in [1.54, 1.807) is 5.38 Å². The van der Waals surface area contributed by atoms with Crippen molar-refractivity contribution in [1.82, 2.24) is 4.98 Å². The van der Waals surface area contributed by atoms with E-state index < -0.39 is 0 Å². The molecule has 0 unspecified atom stereocenters. The molecule has 1 aromatic heterocycles. The summed E-state index contributed by atoms with van der Waals surface area (Å²) >= 11 is 6.85. The highest BCUT2D eigenvalue weighted by molar-refractivity contribution is 7.14. The molecule has 0 saturated carbocycles. The lowest BCUT2D eigenvalue weighted by Gasteiger charge is -2.17. The first kappa shape index (κ1) is 12.9. The molecule has 0 aliphatic heterocycles. The van der Waals surface area contributed by atoms with Gasteiger partial charge in [0.1, 0.15) is 5.69 Å². The Morgan fingerprint density at radius 1 is 1.75 bits per heavy atom. The second-order valence-electron chi connectivity index (χ2n) is 3.06. The number of hydrogen-bond donors (Lipinski definition) is 0. The molecule has 0 saturated heterocycles. The van der Waals surface area contributed by atoms with Gasteiger partial charge in [-0.05, 0) is 6.92 Å². The van der Waals surface area contributed by atoms with E-state index in [4.69, 9.17) is 16.9 Å². The van der Waals surface area contributed by atoms with Crippen LogP contribution < -0.4 is 4.90 Å². The normalized spacial score (nSPS) is 9.81. The topological polar surface area (TPSA) is 57.0 Å². The summed E-state index contributed by atoms with van der Waals surface area (Å²) in [6.07, 6.45) is 0.451. The van der Waals surface area contributed by atoms with Crippen LogP contribution >= 0.6 is 22.9 Å². The lowest BCUT2D eigenvalue weighted by atomic mass is 10.3. The maximum atomic E-state index is 11.3. The number of thiazole rings is 1. The largest absolute Gasteiger partial charge is 0.347 e. The number of carbonyl (C=O) groups excluding carboxylic acids is 1. The van der Waals surface area contributed by atoms with Crippen LogP contribution in [-0.2, 0) is 0 Å². The zero-order valence-electron chi connectivity index (χ0n) is 8.94. The molecule has 0 aliphatic rings. The molecule has 16 heavy (non-hydrogen) atoms. The van der Waals surface area contributed by atoms with Gasteiger partial charge in [-0.25, -0.2) is 4.98 Å². The van der Waals surface area contributed by atoms with Crippen molar-refractivity contribution < 1.29 is 4.79 Å². The molecule has 86 valence electrons. The Bertz CT molecular complexity index is 399. The summed E-state index contributed by atoms with van der Waals surface area (Å²) in [5.74, 6) is -0.214. The first-order valence-corrected chi connectivity index (χ1v) is 6.31. The number of hydrogen-bond acceptors (Lipinski definition) is 5. The molecular weight excluding hydrogens is 246 g/mol. The third kappa shape index (κ3) is 3.19.